The van der Waals surface area contributed by atoms with Crippen LogP contribution in [0, 0.1) is 5.92 Å². The lowest BCUT2D eigenvalue weighted by atomic mass is 9.86. The molecule has 2 unspecified atom stereocenters. The molecule has 1 saturated carbocycles. The van der Waals surface area contributed by atoms with Crippen LogP contribution in [0.4, 0.5) is 5.13 Å². The second-order valence-corrected chi connectivity index (χ2v) is 8.64. The number of anilines is 1. The highest BCUT2D eigenvalue weighted by Gasteiger charge is 2.22. The molecule has 1 heterocycles. The Kier molecular flexibility index (Phi) is 6.69. The van der Waals surface area contributed by atoms with E-state index in [1.54, 1.807) is 0 Å². The molecule has 1 aliphatic rings. The van der Waals surface area contributed by atoms with Crippen molar-refractivity contribution in [1.29, 1.82) is 0 Å². The first-order valence-electron chi connectivity index (χ1n) is 8.74. The number of thioether (sulfide) groups is 1. The third kappa shape index (κ3) is 5.71. The van der Waals surface area contributed by atoms with Crippen molar-refractivity contribution in [3.05, 3.63) is 35.9 Å². The van der Waals surface area contributed by atoms with E-state index in [1.165, 1.54) is 48.8 Å². The summed E-state index contributed by atoms with van der Waals surface area (Å²) >= 11 is 2.97. The monoisotopic (exact) mass is 376 g/mol. The van der Waals surface area contributed by atoms with E-state index < -0.39 is 0 Å². The summed E-state index contributed by atoms with van der Waals surface area (Å²) in [6, 6.07) is 10.4. The van der Waals surface area contributed by atoms with E-state index in [-0.39, 0.29) is 5.91 Å². The first kappa shape index (κ1) is 18.2. The highest BCUT2D eigenvalue weighted by atomic mass is 32.2. The number of amides is 1. The zero-order valence-corrected chi connectivity index (χ0v) is 16.0. The van der Waals surface area contributed by atoms with Crippen molar-refractivity contribution in [3.8, 4) is 0 Å². The van der Waals surface area contributed by atoms with Gasteiger partial charge in [0.2, 0.25) is 11.0 Å². The number of nitrogens with zero attached hydrogens (tertiary/aromatic N) is 2. The second-order valence-electron chi connectivity index (χ2n) is 6.44. The lowest BCUT2D eigenvalue weighted by molar-refractivity contribution is -0.118. The van der Waals surface area contributed by atoms with E-state index in [4.69, 9.17) is 0 Å². The summed E-state index contributed by atoms with van der Waals surface area (Å²) in [6.07, 6.45) is 5.09. The molecular weight excluding hydrogens is 352 g/mol. The van der Waals surface area contributed by atoms with Crippen LogP contribution in [-0.2, 0) is 11.3 Å². The quantitative estimate of drug-likeness (QED) is 0.717. The SMILES string of the molecule is CC1CCCCC1Nc1nnc(SCC(=O)NCc2ccccc2)s1. The third-order valence-corrected chi connectivity index (χ3v) is 6.47. The Morgan fingerprint density at radius 2 is 2.04 bits per heavy atom. The summed E-state index contributed by atoms with van der Waals surface area (Å²) in [5.41, 5.74) is 1.10. The van der Waals surface area contributed by atoms with Crippen molar-refractivity contribution in [2.24, 2.45) is 5.92 Å². The topological polar surface area (TPSA) is 66.9 Å². The van der Waals surface area contributed by atoms with Crippen molar-refractivity contribution in [1.82, 2.24) is 15.5 Å². The van der Waals surface area contributed by atoms with Crippen LogP contribution >= 0.6 is 23.1 Å². The molecule has 1 aromatic heterocycles. The van der Waals surface area contributed by atoms with Gasteiger partial charge in [-0.3, -0.25) is 4.79 Å². The molecule has 3 rings (SSSR count). The van der Waals surface area contributed by atoms with Crippen LogP contribution in [0.1, 0.15) is 38.2 Å². The van der Waals surface area contributed by atoms with E-state index in [0.717, 1.165) is 15.0 Å². The Hall–Kier alpha value is -1.60. The molecule has 0 aliphatic heterocycles. The maximum absolute atomic E-state index is 12.0. The van der Waals surface area contributed by atoms with Crippen LogP contribution in [0.3, 0.4) is 0 Å². The van der Waals surface area contributed by atoms with Crippen LogP contribution in [0.15, 0.2) is 34.7 Å². The van der Waals surface area contributed by atoms with Crippen LogP contribution in [0.2, 0.25) is 0 Å². The van der Waals surface area contributed by atoms with Crippen LogP contribution in [0.25, 0.3) is 0 Å². The normalized spacial score (nSPS) is 20.2. The van der Waals surface area contributed by atoms with E-state index in [0.29, 0.717) is 24.3 Å². The number of hydrogen-bond acceptors (Lipinski definition) is 6. The van der Waals surface area contributed by atoms with Gasteiger partial charge in [0.05, 0.1) is 5.75 Å². The number of rotatable bonds is 7. The molecule has 1 aliphatic carbocycles. The fraction of sp³-hybridized carbons (Fsp3) is 0.500. The molecule has 134 valence electrons. The Bertz CT molecular complexity index is 677. The smallest absolute Gasteiger partial charge is 0.230 e. The Morgan fingerprint density at radius 3 is 2.84 bits per heavy atom. The molecule has 2 atom stereocenters. The zero-order valence-electron chi connectivity index (χ0n) is 14.4. The van der Waals surface area contributed by atoms with Crippen molar-refractivity contribution >= 4 is 34.1 Å². The van der Waals surface area contributed by atoms with Gasteiger partial charge in [-0.25, -0.2) is 0 Å². The summed E-state index contributed by atoms with van der Waals surface area (Å²) in [7, 11) is 0. The first-order valence-corrected chi connectivity index (χ1v) is 10.5. The van der Waals surface area contributed by atoms with Gasteiger partial charge in [0.15, 0.2) is 4.34 Å². The largest absolute Gasteiger partial charge is 0.357 e. The Labute approximate surface area is 157 Å². The average molecular weight is 377 g/mol. The molecule has 5 nitrogen and oxygen atoms in total. The van der Waals surface area contributed by atoms with Crippen molar-refractivity contribution in [2.45, 2.75) is 49.5 Å². The molecule has 1 aromatic carbocycles. The third-order valence-electron chi connectivity index (χ3n) is 4.49. The summed E-state index contributed by atoms with van der Waals surface area (Å²) < 4.78 is 0.834. The van der Waals surface area contributed by atoms with Gasteiger partial charge in [-0.1, -0.05) is 73.2 Å². The van der Waals surface area contributed by atoms with Gasteiger partial charge in [0, 0.05) is 12.6 Å². The maximum Gasteiger partial charge on any atom is 0.230 e. The number of hydrogen-bond donors (Lipinski definition) is 2. The van der Waals surface area contributed by atoms with E-state index in [2.05, 4.69) is 27.8 Å². The summed E-state index contributed by atoms with van der Waals surface area (Å²) in [5, 5.41) is 15.7. The minimum absolute atomic E-state index is 0.0134. The standard InChI is InChI=1S/C18H24N4OS2/c1-13-7-5-6-10-15(13)20-17-21-22-18(25-17)24-12-16(23)19-11-14-8-3-2-4-9-14/h2-4,8-9,13,15H,5-7,10-12H2,1H3,(H,19,23)(H,20,21). The van der Waals surface area contributed by atoms with Gasteiger partial charge in [-0.15, -0.1) is 10.2 Å². The van der Waals surface area contributed by atoms with Gasteiger partial charge >= 0.3 is 0 Å². The fourth-order valence-electron chi connectivity index (χ4n) is 2.99. The average Bonchev–Trinajstić information content (AvgIpc) is 3.08. The highest BCUT2D eigenvalue weighted by Crippen LogP contribution is 2.30. The van der Waals surface area contributed by atoms with Gasteiger partial charge in [0.25, 0.3) is 0 Å². The van der Waals surface area contributed by atoms with Crippen LogP contribution < -0.4 is 10.6 Å². The number of carbonyl (C=O) groups excluding carboxylic acids is 1. The molecular formula is C18H24N4OS2. The number of benzene rings is 1. The fourth-order valence-corrected chi connectivity index (χ4v) is 4.63. The van der Waals surface area contributed by atoms with E-state index in [1.807, 2.05) is 30.3 Å². The second kappa shape index (κ2) is 9.20. The van der Waals surface area contributed by atoms with E-state index >= 15 is 0 Å². The molecule has 0 spiro atoms. The van der Waals surface area contributed by atoms with Gasteiger partial charge in [0.1, 0.15) is 0 Å². The summed E-state index contributed by atoms with van der Waals surface area (Å²) in [5.74, 6) is 1.05. The lowest BCUT2D eigenvalue weighted by Crippen LogP contribution is -2.30. The van der Waals surface area contributed by atoms with Gasteiger partial charge < -0.3 is 10.6 Å². The van der Waals surface area contributed by atoms with Gasteiger partial charge in [-0.05, 0) is 24.3 Å². The number of aromatic nitrogens is 2. The van der Waals surface area contributed by atoms with Crippen molar-refractivity contribution in [2.75, 3.05) is 11.1 Å². The van der Waals surface area contributed by atoms with Crippen LogP contribution in [-0.4, -0.2) is 27.9 Å². The highest BCUT2D eigenvalue weighted by molar-refractivity contribution is 8.01. The van der Waals surface area contributed by atoms with Crippen molar-refractivity contribution in [3.63, 3.8) is 0 Å². The molecule has 1 amide bonds. The molecule has 1 fully saturated rings. The first-order chi connectivity index (χ1) is 12.2. The summed E-state index contributed by atoms with van der Waals surface area (Å²) in [4.78, 5) is 12.0. The molecule has 2 N–H and O–H groups in total. The molecule has 7 heteroatoms. The predicted octanol–water partition coefficient (Wildman–Crippen LogP) is 3.94. The summed E-state index contributed by atoms with van der Waals surface area (Å²) in [6.45, 7) is 2.85. The Balaban J connectivity index is 1.41. The minimum atomic E-state index is 0.0134. The molecule has 2 aromatic rings. The van der Waals surface area contributed by atoms with Gasteiger partial charge in [-0.2, -0.15) is 0 Å². The molecule has 0 saturated heterocycles. The lowest BCUT2D eigenvalue weighted by Gasteiger charge is -2.29. The number of carbonyl (C=O) groups is 1. The molecule has 0 radical (unpaired) electrons. The zero-order chi connectivity index (χ0) is 17.5. The van der Waals surface area contributed by atoms with Crippen molar-refractivity contribution < 1.29 is 4.79 Å². The van der Waals surface area contributed by atoms with Crippen LogP contribution in [0.5, 0.6) is 0 Å². The maximum atomic E-state index is 12.0. The predicted molar refractivity (Wildman–Crippen MR) is 104 cm³/mol. The molecule has 25 heavy (non-hydrogen) atoms. The number of nitrogens with one attached hydrogen (secondary N) is 2. The molecule has 0 bridgehead atoms. The van der Waals surface area contributed by atoms with E-state index in [9.17, 15) is 4.79 Å². The Morgan fingerprint density at radius 1 is 1.24 bits per heavy atom. The minimum Gasteiger partial charge on any atom is -0.357 e.